The molecule has 37 heavy (non-hydrogen) atoms. The van der Waals surface area contributed by atoms with Crippen molar-refractivity contribution in [2.45, 2.75) is 52.6 Å². The number of rotatable bonds is 4. The molecule has 2 N–H and O–H groups in total. The largest absolute Gasteiger partial charge is 0.444 e. The van der Waals surface area contributed by atoms with Gasteiger partial charge in [-0.2, -0.15) is 0 Å². The Morgan fingerprint density at radius 3 is 2.62 bits per heavy atom. The predicted molar refractivity (Wildman–Crippen MR) is 137 cm³/mol. The van der Waals surface area contributed by atoms with Crippen molar-refractivity contribution in [3.05, 3.63) is 48.2 Å². The molecule has 9 heteroatoms. The van der Waals surface area contributed by atoms with Crippen LogP contribution in [0.4, 0.5) is 20.7 Å². The Kier molecular flexibility index (Phi) is 6.17. The number of hydrogen-bond acceptors (Lipinski definition) is 6. The summed E-state index contributed by atoms with van der Waals surface area (Å²) in [6.45, 7) is 7.00. The number of amides is 2. The third-order valence-electron chi connectivity index (χ3n) is 6.97. The van der Waals surface area contributed by atoms with Crippen LogP contribution < -0.4 is 10.6 Å². The van der Waals surface area contributed by atoms with Crippen molar-refractivity contribution in [1.29, 1.82) is 0 Å². The fraction of sp³-hybridized carbons (Fsp3) is 0.393. The smallest absolute Gasteiger partial charge is 0.412 e. The fourth-order valence-electron chi connectivity index (χ4n) is 5.23. The topological polar surface area (TPSA) is 110 Å². The highest BCUT2D eigenvalue weighted by Gasteiger charge is 2.59. The van der Waals surface area contributed by atoms with Crippen LogP contribution in [-0.2, 0) is 14.3 Å². The number of pyridine rings is 2. The lowest BCUT2D eigenvalue weighted by molar-refractivity contribution is -0.124. The molecule has 2 saturated carbocycles. The van der Waals surface area contributed by atoms with Crippen molar-refractivity contribution >= 4 is 40.1 Å². The zero-order valence-electron chi connectivity index (χ0n) is 21.2. The molecule has 2 aliphatic rings. The number of aryl methyl sites for hydroxylation is 1. The lowest BCUT2D eigenvalue weighted by Gasteiger charge is -2.21. The first-order valence-corrected chi connectivity index (χ1v) is 12.4. The standard InChI is InChI=1S/C28H29FN4O4/c1-14-8-9-30-12-18(14)17-10-15-11-21(32-26(35)23-16-6-5-7-20(34)22(16)23)31-13-19(15)25(24(17)29)33-27(36)37-28(2,3)4/h8-13,16,22-23H,5-7H2,1-4H3,(H,33,36)(H,31,32,35)/t16?,22?,23-/m0/s1. The Hall–Kier alpha value is -3.88. The average Bonchev–Trinajstić information content (AvgIpc) is 3.56. The van der Waals surface area contributed by atoms with Crippen LogP contribution in [0.1, 0.15) is 45.6 Å². The number of aromatic nitrogens is 2. The van der Waals surface area contributed by atoms with E-state index in [2.05, 4.69) is 20.6 Å². The van der Waals surface area contributed by atoms with E-state index in [0.29, 0.717) is 22.8 Å². The van der Waals surface area contributed by atoms with E-state index < -0.39 is 17.5 Å². The molecule has 2 unspecified atom stereocenters. The number of benzene rings is 1. The maximum atomic E-state index is 15.9. The van der Waals surface area contributed by atoms with Gasteiger partial charge in [0.25, 0.3) is 0 Å². The number of hydrogen-bond donors (Lipinski definition) is 2. The minimum Gasteiger partial charge on any atom is -0.444 e. The fourth-order valence-corrected chi connectivity index (χ4v) is 5.23. The van der Waals surface area contributed by atoms with E-state index >= 15 is 4.39 Å². The van der Waals surface area contributed by atoms with E-state index in [-0.39, 0.29) is 46.5 Å². The minimum atomic E-state index is -0.800. The maximum absolute atomic E-state index is 15.9. The quantitative estimate of drug-likeness (QED) is 0.475. The third kappa shape index (κ3) is 4.90. The van der Waals surface area contributed by atoms with Crippen molar-refractivity contribution in [2.24, 2.45) is 17.8 Å². The van der Waals surface area contributed by atoms with Gasteiger partial charge in [0, 0.05) is 47.4 Å². The summed E-state index contributed by atoms with van der Waals surface area (Å²) in [5, 5.41) is 6.28. The number of carbonyl (C=O) groups excluding carboxylic acids is 3. The van der Waals surface area contributed by atoms with Crippen LogP contribution in [0.15, 0.2) is 36.8 Å². The molecule has 192 valence electrons. The number of ether oxygens (including phenoxy) is 1. The van der Waals surface area contributed by atoms with Gasteiger partial charge >= 0.3 is 6.09 Å². The third-order valence-corrected chi connectivity index (χ3v) is 6.97. The van der Waals surface area contributed by atoms with Gasteiger partial charge in [0.15, 0.2) is 5.82 Å². The first kappa shape index (κ1) is 24.8. The molecule has 0 spiro atoms. The van der Waals surface area contributed by atoms with Crippen LogP contribution in [0.3, 0.4) is 0 Å². The van der Waals surface area contributed by atoms with Gasteiger partial charge in [-0.25, -0.2) is 14.2 Å². The molecular formula is C28H29FN4O4. The second kappa shape index (κ2) is 9.21. The lowest BCUT2D eigenvalue weighted by atomic mass is 9.98. The Morgan fingerprint density at radius 2 is 1.92 bits per heavy atom. The average molecular weight is 505 g/mol. The van der Waals surface area contributed by atoms with Crippen LogP contribution in [-0.4, -0.2) is 33.4 Å². The van der Waals surface area contributed by atoms with Crippen LogP contribution in [0.2, 0.25) is 0 Å². The zero-order chi connectivity index (χ0) is 26.5. The second-order valence-corrected chi connectivity index (χ2v) is 10.8. The summed E-state index contributed by atoms with van der Waals surface area (Å²) in [6, 6.07) is 5.05. The van der Waals surface area contributed by atoms with Gasteiger partial charge in [-0.15, -0.1) is 0 Å². The number of ketones is 1. The molecule has 2 aromatic heterocycles. The summed E-state index contributed by atoms with van der Waals surface area (Å²) < 4.78 is 21.2. The summed E-state index contributed by atoms with van der Waals surface area (Å²) in [7, 11) is 0. The Bertz CT molecular complexity index is 1430. The number of nitrogens with one attached hydrogen (secondary N) is 2. The van der Waals surface area contributed by atoms with Crippen LogP contribution in [0.25, 0.3) is 21.9 Å². The number of Topliss-reactive ketones (excluding diaryl/α,β-unsaturated/α-hetero) is 1. The van der Waals surface area contributed by atoms with Crippen LogP contribution in [0, 0.1) is 30.5 Å². The van der Waals surface area contributed by atoms with E-state index in [4.69, 9.17) is 4.74 Å². The maximum Gasteiger partial charge on any atom is 0.412 e. The van der Waals surface area contributed by atoms with Gasteiger partial charge in [0.2, 0.25) is 5.91 Å². The molecule has 5 rings (SSSR count). The highest BCUT2D eigenvalue weighted by atomic mass is 19.1. The van der Waals surface area contributed by atoms with Crippen molar-refractivity contribution < 1.29 is 23.5 Å². The first-order chi connectivity index (χ1) is 17.5. The molecule has 0 radical (unpaired) electrons. The summed E-state index contributed by atoms with van der Waals surface area (Å²) in [4.78, 5) is 46.1. The Morgan fingerprint density at radius 1 is 1.14 bits per heavy atom. The summed E-state index contributed by atoms with van der Waals surface area (Å²) in [5.41, 5.74) is 0.767. The van der Waals surface area contributed by atoms with Crippen molar-refractivity contribution in [1.82, 2.24) is 9.97 Å². The van der Waals surface area contributed by atoms with Gasteiger partial charge < -0.3 is 10.1 Å². The van der Waals surface area contributed by atoms with E-state index in [0.717, 1.165) is 18.4 Å². The number of halogens is 1. The second-order valence-electron chi connectivity index (χ2n) is 10.8. The van der Waals surface area contributed by atoms with E-state index in [1.165, 1.54) is 6.20 Å². The lowest BCUT2D eigenvalue weighted by Crippen LogP contribution is -2.27. The van der Waals surface area contributed by atoms with Crippen LogP contribution >= 0.6 is 0 Å². The molecule has 2 heterocycles. The highest BCUT2D eigenvalue weighted by Crippen LogP contribution is 2.54. The molecule has 2 amide bonds. The summed E-state index contributed by atoms with van der Waals surface area (Å²) in [6.07, 6.45) is 6.04. The van der Waals surface area contributed by atoms with Crippen LogP contribution in [0.5, 0.6) is 0 Å². The molecular weight excluding hydrogens is 475 g/mol. The molecule has 0 aliphatic heterocycles. The van der Waals surface area contributed by atoms with Gasteiger partial charge in [-0.1, -0.05) is 0 Å². The normalized spacial score (nSPS) is 20.8. The van der Waals surface area contributed by atoms with Gasteiger partial charge in [-0.3, -0.25) is 19.9 Å². The molecule has 0 saturated heterocycles. The predicted octanol–water partition coefficient (Wildman–Crippen LogP) is 5.65. The minimum absolute atomic E-state index is 0.0748. The molecule has 8 nitrogen and oxygen atoms in total. The van der Waals surface area contributed by atoms with Gasteiger partial charge in [0.05, 0.1) is 11.6 Å². The van der Waals surface area contributed by atoms with Crippen molar-refractivity contribution in [2.75, 3.05) is 10.6 Å². The van der Waals surface area contributed by atoms with Gasteiger partial charge in [0.1, 0.15) is 17.2 Å². The summed E-state index contributed by atoms with van der Waals surface area (Å²) in [5.74, 6) is -0.819. The molecule has 0 bridgehead atoms. The monoisotopic (exact) mass is 504 g/mol. The molecule has 2 fully saturated rings. The zero-order valence-corrected chi connectivity index (χ0v) is 21.2. The molecule has 1 aromatic carbocycles. The summed E-state index contributed by atoms with van der Waals surface area (Å²) >= 11 is 0. The molecule has 3 atom stereocenters. The van der Waals surface area contributed by atoms with E-state index in [9.17, 15) is 14.4 Å². The number of nitrogens with zero attached hydrogens (tertiary/aromatic N) is 2. The van der Waals surface area contributed by atoms with Crippen molar-refractivity contribution in [3.63, 3.8) is 0 Å². The van der Waals surface area contributed by atoms with Crippen molar-refractivity contribution in [3.8, 4) is 11.1 Å². The SMILES string of the molecule is Cc1ccncc1-c1cc2cc(NC(=O)[C@H]3C4CCCC(=O)C43)ncc2c(NC(=O)OC(C)(C)C)c1F. The van der Waals surface area contributed by atoms with E-state index in [1.807, 2.05) is 6.92 Å². The van der Waals surface area contributed by atoms with E-state index in [1.54, 1.807) is 51.4 Å². The molecule has 3 aromatic rings. The van der Waals surface area contributed by atoms with Gasteiger partial charge in [-0.05, 0) is 75.6 Å². The number of fused-ring (bicyclic) bond motifs is 2. The Labute approximate surface area is 214 Å². The first-order valence-electron chi connectivity index (χ1n) is 12.4. The number of anilines is 2. The Balaban J connectivity index is 1.52. The molecule has 2 aliphatic carbocycles. The number of carbonyl (C=O) groups is 3. The highest BCUT2D eigenvalue weighted by molar-refractivity contribution is 6.05.